The number of nitrogens with zero attached hydrogens (tertiary/aromatic N) is 1. The molecule has 1 aliphatic carbocycles. The van der Waals surface area contributed by atoms with E-state index in [1.165, 1.54) is 20.0 Å². The van der Waals surface area contributed by atoms with Gasteiger partial charge in [0.05, 0.1) is 24.9 Å². The number of carbonyl (C=O) groups excluding carboxylic acids is 2. The minimum Gasteiger partial charge on any atom is -0.465 e. The lowest BCUT2D eigenvalue weighted by atomic mass is 10.1. The minimum absolute atomic E-state index is 0.0286. The summed E-state index contributed by atoms with van der Waals surface area (Å²) in [6, 6.07) is 7.11. The van der Waals surface area contributed by atoms with Crippen LogP contribution in [0.2, 0.25) is 0 Å². The lowest BCUT2D eigenvalue weighted by Crippen LogP contribution is -2.36. The summed E-state index contributed by atoms with van der Waals surface area (Å²) in [5, 5.41) is 2.91. The number of methoxy groups -OCH3 is 1. The first-order chi connectivity index (χ1) is 9.61. The van der Waals surface area contributed by atoms with Crippen LogP contribution in [0.4, 0.5) is 5.69 Å². The van der Waals surface area contributed by atoms with Crippen LogP contribution in [0.15, 0.2) is 24.3 Å². The van der Waals surface area contributed by atoms with Crippen LogP contribution in [0.1, 0.15) is 23.2 Å². The van der Waals surface area contributed by atoms with Crippen LogP contribution in [0.3, 0.4) is 0 Å². The zero-order chi connectivity index (χ0) is 14.5. The molecule has 1 fully saturated rings. The molecule has 2 rings (SSSR count). The van der Waals surface area contributed by atoms with Crippen LogP contribution in [0.25, 0.3) is 0 Å². The van der Waals surface area contributed by atoms with Crippen LogP contribution in [-0.2, 0) is 9.53 Å². The Labute approximate surface area is 118 Å². The van der Waals surface area contributed by atoms with Crippen molar-refractivity contribution in [3.8, 4) is 0 Å². The molecule has 1 saturated carbocycles. The maximum atomic E-state index is 11.8. The fraction of sp³-hybridized carbons (Fsp3) is 0.467. The Morgan fingerprint density at radius 2 is 2.05 bits per heavy atom. The molecule has 5 heteroatoms. The van der Waals surface area contributed by atoms with E-state index in [-0.39, 0.29) is 12.5 Å². The highest BCUT2D eigenvalue weighted by Crippen LogP contribution is 2.27. The van der Waals surface area contributed by atoms with Crippen molar-refractivity contribution in [1.29, 1.82) is 0 Å². The van der Waals surface area contributed by atoms with Gasteiger partial charge in [0.25, 0.3) is 0 Å². The molecular formula is C15H20N2O3. The van der Waals surface area contributed by atoms with Crippen LogP contribution in [0, 0.1) is 5.92 Å². The van der Waals surface area contributed by atoms with Crippen molar-refractivity contribution in [3.05, 3.63) is 29.8 Å². The summed E-state index contributed by atoms with van der Waals surface area (Å²) in [4.78, 5) is 25.3. The van der Waals surface area contributed by atoms with Gasteiger partial charge >= 0.3 is 5.97 Å². The number of hydrogen-bond acceptors (Lipinski definition) is 4. The molecule has 0 spiro atoms. The van der Waals surface area contributed by atoms with Gasteiger partial charge in [0, 0.05) is 13.6 Å². The van der Waals surface area contributed by atoms with Crippen molar-refractivity contribution in [2.75, 3.05) is 32.1 Å². The number of nitrogens with one attached hydrogen (secondary N) is 1. The molecule has 0 aliphatic heterocycles. The lowest BCUT2D eigenvalue weighted by molar-refractivity contribution is -0.119. The van der Waals surface area contributed by atoms with Gasteiger partial charge in [-0.15, -0.1) is 0 Å². The third kappa shape index (κ3) is 3.73. The summed E-state index contributed by atoms with van der Waals surface area (Å²) in [6.07, 6.45) is 2.42. The first-order valence-electron chi connectivity index (χ1n) is 6.77. The summed E-state index contributed by atoms with van der Waals surface area (Å²) in [5.74, 6) is 0.233. The molecule has 108 valence electrons. The van der Waals surface area contributed by atoms with Gasteiger partial charge in [-0.2, -0.15) is 0 Å². The Balaban J connectivity index is 1.98. The second-order valence-corrected chi connectivity index (χ2v) is 5.11. The Kier molecular flexibility index (Phi) is 4.61. The maximum absolute atomic E-state index is 11.8. The van der Waals surface area contributed by atoms with Crippen molar-refractivity contribution in [2.45, 2.75) is 12.8 Å². The van der Waals surface area contributed by atoms with Crippen molar-refractivity contribution in [2.24, 2.45) is 5.92 Å². The van der Waals surface area contributed by atoms with Gasteiger partial charge in [-0.3, -0.25) is 4.79 Å². The summed E-state index contributed by atoms with van der Waals surface area (Å²) in [5.41, 5.74) is 1.16. The predicted molar refractivity (Wildman–Crippen MR) is 76.8 cm³/mol. The number of hydrogen-bond donors (Lipinski definition) is 1. The fourth-order valence-corrected chi connectivity index (χ4v) is 2.03. The molecule has 0 heterocycles. The highest BCUT2D eigenvalue weighted by Gasteiger charge is 2.22. The number of ether oxygens (including phenoxy) is 1. The van der Waals surface area contributed by atoms with Gasteiger partial charge in [0.1, 0.15) is 0 Å². The third-order valence-corrected chi connectivity index (χ3v) is 3.39. The summed E-state index contributed by atoms with van der Waals surface area (Å²) < 4.78 is 4.75. The quantitative estimate of drug-likeness (QED) is 0.799. The summed E-state index contributed by atoms with van der Waals surface area (Å²) >= 11 is 0. The number of carbonyl (C=O) groups is 2. The average molecular weight is 276 g/mol. The van der Waals surface area contributed by atoms with E-state index in [0.717, 1.165) is 6.54 Å². The van der Waals surface area contributed by atoms with Crippen LogP contribution in [-0.4, -0.2) is 39.1 Å². The van der Waals surface area contributed by atoms with Gasteiger partial charge in [0.15, 0.2) is 0 Å². The molecule has 0 radical (unpaired) electrons. The van der Waals surface area contributed by atoms with Crippen LogP contribution >= 0.6 is 0 Å². The van der Waals surface area contributed by atoms with E-state index in [1.54, 1.807) is 30.1 Å². The molecule has 0 aromatic heterocycles. The van der Waals surface area contributed by atoms with Crippen LogP contribution < -0.4 is 10.2 Å². The highest BCUT2D eigenvalue weighted by atomic mass is 16.5. The SMILES string of the molecule is COC(=O)c1ccccc1N(C)CC(=O)NCC1CC1. The van der Waals surface area contributed by atoms with E-state index < -0.39 is 5.97 Å². The number of likely N-dealkylation sites (N-methyl/N-ethyl adjacent to an activating group) is 1. The molecule has 0 bridgehead atoms. The number of esters is 1. The standard InChI is InChI=1S/C15H20N2O3/c1-17(10-14(18)16-9-11-7-8-11)13-6-4-3-5-12(13)15(19)20-2/h3-6,11H,7-10H2,1-2H3,(H,16,18). The van der Waals surface area contributed by atoms with E-state index in [1.807, 2.05) is 6.07 Å². The predicted octanol–water partition coefficient (Wildman–Crippen LogP) is 1.44. The van der Waals surface area contributed by atoms with Gasteiger partial charge in [-0.1, -0.05) is 12.1 Å². The van der Waals surface area contributed by atoms with Crippen molar-refractivity contribution in [3.63, 3.8) is 0 Å². The molecule has 1 aromatic carbocycles. The van der Waals surface area contributed by atoms with E-state index in [2.05, 4.69) is 5.32 Å². The van der Waals surface area contributed by atoms with E-state index in [9.17, 15) is 9.59 Å². The second kappa shape index (κ2) is 6.41. The highest BCUT2D eigenvalue weighted by molar-refractivity contribution is 5.96. The van der Waals surface area contributed by atoms with E-state index in [0.29, 0.717) is 17.2 Å². The van der Waals surface area contributed by atoms with Gasteiger partial charge in [0.2, 0.25) is 5.91 Å². The smallest absolute Gasteiger partial charge is 0.339 e. The molecule has 5 nitrogen and oxygen atoms in total. The first kappa shape index (κ1) is 14.4. The summed E-state index contributed by atoms with van der Waals surface area (Å²) in [6.45, 7) is 0.978. The molecular weight excluding hydrogens is 256 g/mol. The molecule has 20 heavy (non-hydrogen) atoms. The first-order valence-corrected chi connectivity index (χ1v) is 6.77. The Bertz CT molecular complexity index is 498. The van der Waals surface area contributed by atoms with E-state index in [4.69, 9.17) is 4.74 Å². The van der Waals surface area contributed by atoms with Crippen LogP contribution in [0.5, 0.6) is 0 Å². The summed E-state index contributed by atoms with van der Waals surface area (Å²) in [7, 11) is 3.14. The van der Waals surface area contributed by atoms with Gasteiger partial charge in [-0.25, -0.2) is 4.79 Å². The van der Waals surface area contributed by atoms with Gasteiger partial charge in [-0.05, 0) is 30.9 Å². The molecule has 1 aliphatic rings. The fourth-order valence-electron chi connectivity index (χ4n) is 2.03. The molecule has 1 amide bonds. The number of benzene rings is 1. The molecule has 0 atom stereocenters. The molecule has 1 N–H and O–H groups in total. The monoisotopic (exact) mass is 276 g/mol. The Hall–Kier alpha value is -2.04. The number of para-hydroxylation sites is 1. The zero-order valence-corrected chi connectivity index (χ0v) is 11.9. The average Bonchev–Trinajstić information content (AvgIpc) is 3.28. The van der Waals surface area contributed by atoms with Crippen molar-refractivity contribution in [1.82, 2.24) is 5.32 Å². The third-order valence-electron chi connectivity index (χ3n) is 3.39. The maximum Gasteiger partial charge on any atom is 0.339 e. The van der Waals surface area contributed by atoms with Crippen molar-refractivity contribution < 1.29 is 14.3 Å². The number of rotatable bonds is 6. The number of amides is 1. The second-order valence-electron chi connectivity index (χ2n) is 5.11. The molecule has 1 aromatic rings. The topological polar surface area (TPSA) is 58.6 Å². The van der Waals surface area contributed by atoms with Gasteiger partial charge < -0.3 is 15.0 Å². The number of anilines is 1. The Morgan fingerprint density at radius 3 is 2.70 bits per heavy atom. The zero-order valence-electron chi connectivity index (χ0n) is 11.9. The molecule has 0 saturated heterocycles. The Morgan fingerprint density at radius 1 is 1.35 bits per heavy atom. The normalized spacial score (nSPS) is 13.7. The molecule has 0 unspecified atom stereocenters. The van der Waals surface area contributed by atoms with Crippen molar-refractivity contribution >= 4 is 17.6 Å². The lowest BCUT2D eigenvalue weighted by Gasteiger charge is -2.21. The van der Waals surface area contributed by atoms with E-state index >= 15 is 0 Å². The minimum atomic E-state index is -0.397. The largest absolute Gasteiger partial charge is 0.465 e.